The summed E-state index contributed by atoms with van der Waals surface area (Å²) in [5.74, 6) is 0.523. The molecule has 1 atom stereocenters. The highest BCUT2D eigenvalue weighted by Crippen LogP contribution is 2.26. The van der Waals surface area contributed by atoms with Crippen molar-refractivity contribution in [2.24, 2.45) is 0 Å². The third-order valence-corrected chi connectivity index (χ3v) is 3.77. The van der Waals surface area contributed by atoms with E-state index in [4.69, 9.17) is 4.98 Å². The number of rotatable bonds is 2. The molecule has 0 N–H and O–H groups in total. The van der Waals surface area contributed by atoms with Crippen molar-refractivity contribution in [1.29, 1.82) is 0 Å². The fourth-order valence-corrected chi connectivity index (χ4v) is 2.73. The Morgan fingerprint density at radius 3 is 2.79 bits per heavy atom. The number of hydrogen-bond donors (Lipinski definition) is 0. The van der Waals surface area contributed by atoms with E-state index in [0.717, 1.165) is 23.5 Å². The molecular formula is C16H19N3. The smallest absolute Gasteiger partial charge is 0.0888 e. The lowest BCUT2D eigenvalue weighted by Crippen LogP contribution is -2.31. The van der Waals surface area contributed by atoms with E-state index in [1.54, 1.807) is 0 Å². The molecule has 98 valence electrons. The summed E-state index contributed by atoms with van der Waals surface area (Å²) in [5, 5.41) is 0. The second-order valence-corrected chi connectivity index (χ2v) is 5.30. The maximum absolute atomic E-state index is 4.81. The first-order valence-corrected chi connectivity index (χ1v) is 6.89. The minimum Gasteiger partial charge on any atom is -0.306 e. The van der Waals surface area contributed by atoms with Crippen LogP contribution in [0.3, 0.4) is 0 Å². The number of aromatic nitrogens is 2. The molecule has 3 heteroatoms. The molecule has 3 nitrogen and oxygen atoms in total. The Kier molecular flexibility index (Phi) is 3.56. The largest absolute Gasteiger partial charge is 0.306 e. The molecule has 0 saturated carbocycles. The van der Waals surface area contributed by atoms with Gasteiger partial charge in [0.25, 0.3) is 0 Å². The maximum atomic E-state index is 4.81. The number of benzene rings is 1. The van der Waals surface area contributed by atoms with E-state index in [-0.39, 0.29) is 0 Å². The van der Waals surface area contributed by atoms with Gasteiger partial charge in [-0.05, 0) is 26.4 Å². The van der Waals surface area contributed by atoms with Gasteiger partial charge in [0.05, 0.1) is 17.6 Å². The molecule has 0 radical (unpaired) electrons. The topological polar surface area (TPSA) is 29.0 Å². The number of nitrogens with zero attached hydrogens (tertiary/aromatic N) is 3. The van der Waals surface area contributed by atoms with Crippen LogP contribution in [0.1, 0.15) is 24.5 Å². The summed E-state index contributed by atoms with van der Waals surface area (Å²) in [5.41, 5.74) is 3.25. The van der Waals surface area contributed by atoms with Crippen LogP contribution < -0.4 is 0 Å². The minimum atomic E-state index is 0.523. The van der Waals surface area contributed by atoms with Gasteiger partial charge in [0.1, 0.15) is 0 Å². The first-order chi connectivity index (χ1) is 9.33. The summed E-state index contributed by atoms with van der Waals surface area (Å²) in [6.45, 7) is 2.29. The van der Waals surface area contributed by atoms with E-state index >= 15 is 0 Å². The molecule has 1 aromatic carbocycles. The molecule has 3 rings (SSSR count). The summed E-state index contributed by atoms with van der Waals surface area (Å²) >= 11 is 0. The zero-order valence-electron chi connectivity index (χ0n) is 11.3. The van der Waals surface area contributed by atoms with Gasteiger partial charge in [0.2, 0.25) is 0 Å². The van der Waals surface area contributed by atoms with Crippen LogP contribution in [0.4, 0.5) is 0 Å². The lowest BCUT2D eigenvalue weighted by molar-refractivity contribution is 0.248. The van der Waals surface area contributed by atoms with Crippen LogP contribution in [-0.4, -0.2) is 35.0 Å². The first kappa shape index (κ1) is 12.3. The molecule has 2 heterocycles. The molecule has 1 aliphatic heterocycles. The fourth-order valence-electron chi connectivity index (χ4n) is 2.73. The molecule has 1 aliphatic rings. The molecule has 1 saturated heterocycles. The van der Waals surface area contributed by atoms with Gasteiger partial charge in [-0.1, -0.05) is 30.3 Å². The van der Waals surface area contributed by atoms with Crippen molar-refractivity contribution in [3.63, 3.8) is 0 Å². The molecule has 0 aliphatic carbocycles. The van der Waals surface area contributed by atoms with Crippen molar-refractivity contribution in [3.05, 3.63) is 48.4 Å². The number of piperidine rings is 1. The average Bonchev–Trinajstić information content (AvgIpc) is 2.48. The van der Waals surface area contributed by atoms with Crippen molar-refractivity contribution in [3.8, 4) is 11.3 Å². The number of likely N-dealkylation sites (N-methyl/N-ethyl adjacent to an activating group) is 1. The van der Waals surface area contributed by atoms with Crippen LogP contribution in [0.2, 0.25) is 0 Å². The Hall–Kier alpha value is -1.74. The van der Waals surface area contributed by atoms with E-state index in [2.05, 4.69) is 29.1 Å². The average molecular weight is 253 g/mol. The van der Waals surface area contributed by atoms with E-state index in [9.17, 15) is 0 Å². The van der Waals surface area contributed by atoms with Crippen LogP contribution in [-0.2, 0) is 0 Å². The van der Waals surface area contributed by atoms with Crippen LogP contribution in [0.5, 0.6) is 0 Å². The molecule has 0 bridgehead atoms. The van der Waals surface area contributed by atoms with Gasteiger partial charge in [-0.25, -0.2) is 4.98 Å². The zero-order valence-corrected chi connectivity index (χ0v) is 11.3. The molecule has 19 heavy (non-hydrogen) atoms. The molecule has 1 unspecified atom stereocenters. The minimum absolute atomic E-state index is 0.523. The SMILES string of the molecule is CN1CCCC(c2cncc(-c3ccccc3)n2)C1. The van der Waals surface area contributed by atoms with Gasteiger partial charge in [0, 0.05) is 24.2 Å². The van der Waals surface area contributed by atoms with Gasteiger partial charge in [-0.3, -0.25) is 4.98 Å². The molecular weight excluding hydrogens is 234 g/mol. The summed E-state index contributed by atoms with van der Waals surface area (Å²) in [6, 6.07) is 10.3. The highest BCUT2D eigenvalue weighted by atomic mass is 15.1. The van der Waals surface area contributed by atoms with Crippen molar-refractivity contribution in [2.75, 3.05) is 20.1 Å². The molecule has 0 amide bonds. The first-order valence-electron chi connectivity index (χ1n) is 6.89. The summed E-state index contributed by atoms with van der Waals surface area (Å²) in [6.07, 6.45) is 6.25. The van der Waals surface area contributed by atoms with Crippen molar-refractivity contribution >= 4 is 0 Å². The van der Waals surface area contributed by atoms with Crippen LogP contribution in [0.15, 0.2) is 42.7 Å². The third-order valence-electron chi connectivity index (χ3n) is 3.77. The van der Waals surface area contributed by atoms with Gasteiger partial charge in [0.15, 0.2) is 0 Å². The van der Waals surface area contributed by atoms with Gasteiger partial charge < -0.3 is 4.90 Å². The van der Waals surface area contributed by atoms with Gasteiger partial charge >= 0.3 is 0 Å². The highest BCUT2D eigenvalue weighted by molar-refractivity contribution is 5.57. The molecule has 1 aromatic heterocycles. The molecule has 0 spiro atoms. The summed E-state index contributed by atoms with van der Waals surface area (Å²) in [4.78, 5) is 11.6. The second kappa shape index (κ2) is 5.49. The summed E-state index contributed by atoms with van der Waals surface area (Å²) < 4.78 is 0. The zero-order chi connectivity index (χ0) is 13.1. The monoisotopic (exact) mass is 253 g/mol. The van der Waals surface area contributed by atoms with E-state index < -0.39 is 0 Å². The Morgan fingerprint density at radius 1 is 1.16 bits per heavy atom. The van der Waals surface area contributed by atoms with E-state index in [0.29, 0.717) is 5.92 Å². The van der Waals surface area contributed by atoms with Crippen molar-refractivity contribution in [2.45, 2.75) is 18.8 Å². The van der Waals surface area contributed by atoms with Gasteiger partial charge in [-0.15, -0.1) is 0 Å². The van der Waals surface area contributed by atoms with E-state index in [1.165, 1.54) is 19.4 Å². The molecule has 2 aromatic rings. The Labute approximate surface area is 114 Å². The lowest BCUT2D eigenvalue weighted by Gasteiger charge is -2.29. The number of hydrogen-bond acceptors (Lipinski definition) is 3. The maximum Gasteiger partial charge on any atom is 0.0888 e. The standard InChI is InChI=1S/C16H19N3/c1-19-9-5-8-14(12-19)16-11-17-10-15(18-16)13-6-3-2-4-7-13/h2-4,6-7,10-11,14H,5,8-9,12H2,1H3. The van der Waals surface area contributed by atoms with Crippen LogP contribution >= 0.6 is 0 Å². The second-order valence-electron chi connectivity index (χ2n) is 5.30. The van der Waals surface area contributed by atoms with Crippen molar-refractivity contribution < 1.29 is 0 Å². The van der Waals surface area contributed by atoms with Crippen LogP contribution in [0, 0.1) is 0 Å². The lowest BCUT2D eigenvalue weighted by atomic mass is 9.95. The highest BCUT2D eigenvalue weighted by Gasteiger charge is 2.20. The van der Waals surface area contributed by atoms with Crippen LogP contribution in [0.25, 0.3) is 11.3 Å². The Morgan fingerprint density at radius 2 is 2.00 bits per heavy atom. The summed E-state index contributed by atoms with van der Waals surface area (Å²) in [7, 11) is 2.18. The van der Waals surface area contributed by atoms with Crippen molar-refractivity contribution in [1.82, 2.24) is 14.9 Å². The Balaban J connectivity index is 1.88. The fraction of sp³-hybridized carbons (Fsp3) is 0.375. The Bertz CT molecular complexity index is 539. The quantitative estimate of drug-likeness (QED) is 0.824. The predicted octanol–water partition coefficient (Wildman–Crippen LogP) is 2.95. The third kappa shape index (κ3) is 2.82. The van der Waals surface area contributed by atoms with Gasteiger partial charge in [-0.2, -0.15) is 0 Å². The normalized spacial score (nSPS) is 20.4. The number of likely N-dealkylation sites (tertiary alicyclic amines) is 1. The predicted molar refractivity (Wildman–Crippen MR) is 76.9 cm³/mol. The van der Waals surface area contributed by atoms with E-state index in [1.807, 2.05) is 30.6 Å². The molecule has 1 fully saturated rings.